The molecule has 3 aromatic rings. The molecule has 0 N–H and O–H groups in total. The quantitative estimate of drug-likeness (QED) is 0.162. The molecule has 0 bridgehead atoms. The van der Waals surface area contributed by atoms with Crippen LogP contribution in [-0.2, 0) is 6.54 Å². The first-order valence-electron chi connectivity index (χ1n) is 14.2. The monoisotopic (exact) mass is 523 g/mol. The first-order chi connectivity index (χ1) is 18.6. The molecule has 1 aliphatic rings. The largest absolute Gasteiger partial charge is 0.341 e. The fourth-order valence-electron chi connectivity index (χ4n) is 5.13. The zero-order valence-electron chi connectivity index (χ0n) is 24.8. The number of anilines is 1. The van der Waals surface area contributed by atoms with Crippen LogP contribution in [0.4, 0.5) is 5.69 Å². The van der Waals surface area contributed by atoms with E-state index in [9.17, 15) is 0 Å². The van der Waals surface area contributed by atoms with Crippen LogP contribution in [0.1, 0.15) is 24.1 Å². The van der Waals surface area contributed by atoms with Crippen molar-refractivity contribution >= 4 is 28.7 Å². The minimum Gasteiger partial charge on any atom is -0.341 e. The lowest BCUT2D eigenvalue weighted by Crippen LogP contribution is -2.42. The number of nitrogens with zero attached hydrogens (tertiary/aromatic N) is 4. The van der Waals surface area contributed by atoms with Crippen LogP contribution in [0.3, 0.4) is 0 Å². The molecule has 0 aliphatic carbocycles. The molecule has 1 aromatic heterocycles. The molecule has 1 aliphatic heterocycles. The van der Waals surface area contributed by atoms with Gasteiger partial charge in [-0.3, -0.25) is 0 Å². The minimum atomic E-state index is 0.985. The molecule has 4 nitrogen and oxygen atoms in total. The number of fused-ring (bicyclic) bond motifs is 2. The highest BCUT2D eigenvalue weighted by Gasteiger charge is 2.18. The van der Waals surface area contributed by atoms with E-state index in [4.69, 9.17) is 0 Å². The van der Waals surface area contributed by atoms with E-state index in [1.165, 1.54) is 33.5 Å². The van der Waals surface area contributed by atoms with Crippen molar-refractivity contribution < 1.29 is 13.5 Å². The maximum absolute atomic E-state index is 2.46. The smallest absolute Gasteiger partial charge is 0.212 e. The first-order valence-corrected chi connectivity index (χ1v) is 14.2. The van der Waals surface area contributed by atoms with Crippen LogP contribution in [0, 0.1) is 0 Å². The van der Waals surface area contributed by atoms with Crippen molar-refractivity contribution in [2.24, 2.45) is 0 Å². The minimum absolute atomic E-state index is 0.985. The van der Waals surface area contributed by atoms with Gasteiger partial charge in [0.05, 0.1) is 61.8 Å². The van der Waals surface area contributed by atoms with E-state index in [-0.39, 0.29) is 0 Å². The van der Waals surface area contributed by atoms with Gasteiger partial charge in [-0.15, -0.1) is 0 Å². The molecular formula is C35H47N4+3. The molecule has 0 unspecified atom stereocenters. The fourth-order valence-corrected chi connectivity index (χ4v) is 5.13. The molecule has 4 heteroatoms. The van der Waals surface area contributed by atoms with Crippen LogP contribution in [0.2, 0.25) is 0 Å². The Labute approximate surface area is 236 Å². The van der Waals surface area contributed by atoms with Gasteiger partial charge in [0.2, 0.25) is 11.2 Å². The number of benzene rings is 2. The molecule has 39 heavy (non-hydrogen) atoms. The summed E-state index contributed by atoms with van der Waals surface area (Å²) in [7, 11) is 13.6. The second kappa shape index (κ2) is 12.6. The van der Waals surface area contributed by atoms with Crippen LogP contribution in [0.5, 0.6) is 0 Å². The Bertz CT molecular complexity index is 1380. The molecule has 0 atom stereocenters. The number of pyridine rings is 1. The molecular weight excluding hydrogens is 476 g/mol. The summed E-state index contributed by atoms with van der Waals surface area (Å²) in [6, 6.07) is 21.9. The van der Waals surface area contributed by atoms with Crippen LogP contribution in [0.15, 0.2) is 96.7 Å². The average Bonchev–Trinajstić information content (AvgIpc) is 2.88. The first kappa shape index (κ1) is 28.5. The maximum Gasteiger partial charge on any atom is 0.212 e. The van der Waals surface area contributed by atoms with E-state index in [0.717, 1.165) is 48.0 Å². The van der Waals surface area contributed by atoms with E-state index in [1.807, 2.05) is 0 Å². The number of para-hydroxylation sites is 2. The summed E-state index contributed by atoms with van der Waals surface area (Å²) >= 11 is 0. The van der Waals surface area contributed by atoms with Crippen LogP contribution < -0.4 is 9.47 Å². The highest BCUT2D eigenvalue weighted by Crippen LogP contribution is 2.31. The van der Waals surface area contributed by atoms with Gasteiger partial charge < -0.3 is 13.9 Å². The third-order valence-corrected chi connectivity index (χ3v) is 7.12. The third kappa shape index (κ3) is 8.26. The van der Waals surface area contributed by atoms with Gasteiger partial charge in [-0.1, -0.05) is 54.6 Å². The van der Waals surface area contributed by atoms with Gasteiger partial charge in [0.25, 0.3) is 0 Å². The molecule has 0 amide bonds. The lowest BCUT2D eigenvalue weighted by atomic mass is 10.0. The van der Waals surface area contributed by atoms with E-state index >= 15 is 0 Å². The van der Waals surface area contributed by atoms with Crippen LogP contribution in [-0.4, -0.2) is 70.9 Å². The Balaban J connectivity index is 1.52. The Kier molecular flexibility index (Phi) is 9.21. The van der Waals surface area contributed by atoms with Gasteiger partial charge in [0.15, 0.2) is 6.54 Å². The Morgan fingerprint density at radius 2 is 1.44 bits per heavy atom. The third-order valence-electron chi connectivity index (χ3n) is 7.12. The summed E-state index contributed by atoms with van der Waals surface area (Å²) in [4.78, 5) is 2.46. The van der Waals surface area contributed by atoms with Crippen LogP contribution in [0.25, 0.3) is 23.1 Å². The van der Waals surface area contributed by atoms with E-state index in [0.29, 0.717) is 0 Å². The summed E-state index contributed by atoms with van der Waals surface area (Å²) < 4.78 is 4.43. The summed E-state index contributed by atoms with van der Waals surface area (Å²) in [6.45, 7) is 4.32. The zero-order valence-corrected chi connectivity index (χ0v) is 24.8. The number of aryl methyl sites for hydroxylation is 1. The molecule has 0 fully saturated rings. The van der Waals surface area contributed by atoms with Crippen molar-refractivity contribution in [3.63, 3.8) is 0 Å². The van der Waals surface area contributed by atoms with Crippen molar-refractivity contribution in [2.75, 3.05) is 66.8 Å². The van der Waals surface area contributed by atoms with Gasteiger partial charge in [-0.2, -0.15) is 4.57 Å². The van der Waals surface area contributed by atoms with Gasteiger partial charge in [-0.25, -0.2) is 0 Å². The summed E-state index contributed by atoms with van der Waals surface area (Å²) in [5.74, 6) is 0. The Morgan fingerprint density at radius 1 is 0.718 bits per heavy atom. The van der Waals surface area contributed by atoms with Gasteiger partial charge >= 0.3 is 0 Å². The standard InChI is InChI=1S/C35H47N4/c1-38(2,3)28-14-26-36-32(24-22-30-16-10-12-20-34(30)36)18-8-7-9-19-33-25-23-31-17-11-13-21-35(31)37(33)27-15-29-39(4,5)6/h7-13,16-25H,14-15,26-29H2,1-6H3/q+3. The number of hydrogen-bond acceptors (Lipinski definition) is 1. The van der Waals surface area contributed by atoms with Crippen molar-refractivity contribution in [2.45, 2.75) is 19.4 Å². The van der Waals surface area contributed by atoms with E-state index in [2.05, 4.69) is 155 Å². The number of rotatable bonds is 11. The normalized spacial score (nSPS) is 15.2. The maximum atomic E-state index is 2.46. The molecule has 4 rings (SSSR count). The highest BCUT2D eigenvalue weighted by molar-refractivity contribution is 5.77. The lowest BCUT2D eigenvalue weighted by Gasteiger charge is -2.32. The predicted octanol–water partition coefficient (Wildman–Crippen LogP) is 6.31. The molecule has 2 aromatic carbocycles. The van der Waals surface area contributed by atoms with Gasteiger partial charge in [0, 0.05) is 47.9 Å². The summed E-state index contributed by atoms with van der Waals surface area (Å²) in [6.07, 6.45) is 17.7. The predicted molar refractivity (Wildman–Crippen MR) is 168 cm³/mol. The Morgan fingerprint density at radius 3 is 2.23 bits per heavy atom. The zero-order chi connectivity index (χ0) is 27.9. The van der Waals surface area contributed by atoms with Crippen LogP contribution >= 0.6 is 0 Å². The molecule has 204 valence electrons. The number of quaternary nitrogens is 2. The second-order valence-electron chi connectivity index (χ2n) is 12.6. The SMILES string of the molecule is C[N+](C)(C)CCCN1/C(=C/C=C/C=C/c2ccc3ccccc3[n+]2CCC[N+](C)(C)C)C=Cc2ccccc21. The number of aromatic nitrogens is 1. The van der Waals surface area contributed by atoms with Crippen molar-refractivity contribution in [3.05, 3.63) is 108 Å². The second-order valence-corrected chi connectivity index (χ2v) is 12.6. The average molecular weight is 524 g/mol. The number of hydrogen-bond donors (Lipinski definition) is 0. The van der Waals surface area contributed by atoms with Crippen molar-refractivity contribution in [1.82, 2.24) is 0 Å². The fraction of sp³-hybridized carbons (Fsp3) is 0.343. The summed E-state index contributed by atoms with van der Waals surface area (Å²) in [5, 5.41) is 1.29. The Hall–Kier alpha value is -3.47. The molecule has 2 heterocycles. The summed E-state index contributed by atoms with van der Waals surface area (Å²) in [5.41, 5.74) is 6.35. The highest BCUT2D eigenvalue weighted by atomic mass is 15.3. The molecule has 0 radical (unpaired) electrons. The van der Waals surface area contributed by atoms with E-state index < -0.39 is 0 Å². The number of allylic oxidation sites excluding steroid dienone is 5. The van der Waals surface area contributed by atoms with Gasteiger partial charge in [-0.05, 0) is 35.9 Å². The topological polar surface area (TPSA) is 7.12 Å². The van der Waals surface area contributed by atoms with Crippen molar-refractivity contribution in [3.8, 4) is 0 Å². The molecule has 0 spiro atoms. The van der Waals surface area contributed by atoms with Gasteiger partial charge in [0.1, 0.15) is 0 Å². The lowest BCUT2D eigenvalue weighted by molar-refractivity contribution is -0.873. The molecule has 0 saturated carbocycles. The van der Waals surface area contributed by atoms with E-state index in [1.54, 1.807) is 0 Å². The molecule has 0 saturated heterocycles. The van der Waals surface area contributed by atoms with Crippen molar-refractivity contribution in [1.29, 1.82) is 0 Å².